The molecule has 5 heteroatoms. The van der Waals surface area contributed by atoms with Crippen molar-refractivity contribution in [3.05, 3.63) is 28.2 Å². The molecule has 1 aromatic carbocycles. The second-order valence-electron chi connectivity index (χ2n) is 5.12. The lowest BCUT2D eigenvalue weighted by Gasteiger charge is -2.22. The Kier molecular flexibility index (Phi) is 5.43. The summed E-state index contributed by atoms with van der Waals surface area (Å²) in [7, 11) is 1.65. The van der Waals surface area contributed by atoms with Crippen LogP contribution < -0.4 is 15.4 Å². The predicted octanol–water partition coefficient (Wildman–Crippen LogP) is 2.78. The predicted molar refractivity (Wildman–Crippen MR) is 82.9 cm³/mol. The third-order valence-corrected chi connectivity index (χ3v) is 4.35. The third kappa shape index (κ3) is 3.73. The van der Waals surface area contributed by atoms with Gasteiger partial charge in [-0.05, 0) is 43.9 Å². The van der Waals surface area contributed by atoms with Gasteiger partial charge < -0.3 is 10.1 Å². The van der Waals surface area contributed by atoms with E-state index in [2.05, 4.69) is 33.5 Å². The maximum absolute atomic E-state index is 12.0. The van der Waals surface area contributed by atoms with E-state index in [9.17, 15) is 4.79 Å². The molecule has 1 saturated heterocycles. The molecule has 1 fully saturated rings. The van der Waals surface area contributed by atoms with Crippen LogP contribution in [0.5, 0.6) is 5.75 Å². The first-order valence-electron chi connectivity index (χ1n) is 6.99. The first-order valence-corrected chi connectivity index (χ1v) is 7.78. The SMILES string of the molecule is COc1ccc([C@H](C)N[C@@H]2CCCCNC2=O)c(Br)c1. The lowest BCUT2D eigenvalue weighted by Crippen LogP contribution is -2.43. The molecule has 2 rings (SSSR count). The minimum Gasteiger partial charge on any atom is -0.497 e. The van der Waals surface area contributed by atoms with Crippen LogP contribution in [0, 0.1) is 0 Å². The summed E-state index contributed by atoms with van der Waals surface area (Å²) in [4.78, 5) is 12.0. The minimum absolute atomic E-state index is 0.101. The number of hydrogen-bond donors (Lipinski definition) is 2. The molecule has 1 aliphatic rings. The molecule has 0 aromatic heterocycles. The zero-order valence-electron chi connectivity index (χ0n) is 11.9. The van der Waals surface area contributed by atoms with Crippen LogP contribution in [-0.4, -0.2) is 25.6 Å². The van der Waals surface area contributed by atoms with Crippen molar-refractivity contribution in [2.75, 3.05) is 13.7 Å². The molecule has 0 saturated carbocycles. The van der Waals surface area contributed by atoms with Gasteiger partial charge in [-0.3, -0.25) is 10.1 Å². The number of rotatable bonds is 4. The Hall–Kier alpha value is -1.07. The van der Waals surface area contributed by atoms with Gasteiger partial charge in [0.15, 0.2) is 0 Å². The van der Waals surface area contributed by atoms with E-state index in [1.807, 2.05) is 18.2 Å². The molecule has 0 aliphatic carbocycles. The van der Waals surface area contributed by atoms with Crippen LogP contribution in [0.3, 0.4) is 0 Å². The summed E-state index contributed by atoms with van der Waals surface area (Å²) in [5.74, 6) is 0.930. The van der Waals surface area contributed by atoms with E-state index in [0.717, 1.165) is 41.6 Å². The number of hydrogen-bond acceptors (Lipinski definition) is 3. The maximum Gasteiger partial charge on any atom is 0.237 e. The molecule has 1 heterocycles. The van der Waals surface area contributed by atoms with Crippen molar-refractivity contribution in [2.45, 2.75) is 38.3 Å². The lowest BCUT2D eigenvalue weighted by atomic mass is 10.0. The number of halogens is 1. The largest absolute Gasteiger partial charge is 0.497 e. The van der Waals surface area contributed by atoms with Gasteiger partial charge in [-0.2, -0.15) is 0 Å². The Morgan fingerprint density at radius 2 is 2.25 bits per heavy atom. The van der Waals surface area contributed by atoms with Gasteiger partial charge in [0.1, 0.15) is 5.75 Å². The summed E-state index contributed by atoms with van der Waals surface area (Å²) >= 11 is 3.56. The number of amides is 1. The van der Waals surface area contributed by atoms with Crippen molar-refractivity contribution < 1.29 is 9.53 Å². The maximum atomic E-state index is 12.0. The van der Waals surface area contributed by atoms with Crippen molar-refractivity contribution in [1.29, 1.82) is 0 Å². The highest BCUT2D eigenvalue weighted by Crippen LogP contribution is 2.28. The van der Waals surface area contributed by atoms with Gasteiger partial charge in [0.25, 0.3) is 0 Å². The van der Waals surface area contributed by atoms with Gasteiger partial charge in [-0.15, -0.1) is 0 Å². The molecule has 0 unspecified atom stereocenters. The van der Waals surface area contributed by atoms with Crippen molar-refractivity contribution >= 4 is 21.8 Å². The number of carbonyl (C=O) groups is 1. The first-order chi connectivity index (χ1) is 9.61. The number of benzene rings is 1. The zero-order valence-corrected chi connectivity index (χ0v) is 13.5. The topological polar surface area (TPSA) is 50.4 Å². The summed E-state index contributed by atoms with van der Waals surface area (Å²) < 4.78 is 6.19. The van der Waals surface area contributed by atoms with E-state index < -0.39 is 0 Å². The first kappa shape index (κ1) is 15.3. The van der Waals surface area contributed by atoms with E-state index in [0.29, 0.717) is 0 Å². The Balaban J connectivity index is 2.07. The van der Waals surface area contributed by atoms with E-state index in [4.69, 9.17) is 4.74 Å². The molecule has 0 spiro atoms. The van der Waals surface area contributed by atoms with E-state index in [1.165, 1.54) is 0 Å². The monoisotopic (exact) mass is 340 g/mol. The second kappa shape index (κ2) is 7.09. The van der Waals surface area contributed by atoms with E-state index >= 15 is 0 Å². The van der Waals surface area contributed by atoms with Crippen LogP contribution >= 0.6 is 15.9 Å². The van der Waals surface area contributed by atoms with Crippen molar-refractivity contribution in [3.8, 4) is 5.75 Å². The Morgan fingerprint density at radius 1 is 1.45 bits per heavy atom. The van der Waals surface area contributed by atoms with Gasteiger partial charge in [0.05, 0.1) is 13.2 Å². The van der Waals surface area contributed by atoms with Crippen LogP contribution in [-0.2, 0) is 4.79 Å². The lowest BCUT2D eigenvalue weighted by molar-refractivity contribution is -0.123. The fourth-order valence-electron chi connectivity index (χ4n) is 2.48. The molecule has 4 nitrogen and oxygen atoms in total. The average Bonchev–Trinajstić information content (AvgIpc) is 2.64. The highest BCUT2D eigenvalue weighted by atomic mass is 79.9. The van der Waals surface area contributed by atoms with Gasteiger partial charge in [0, 0.05) is 17.1 Å². The molecule has 1 amide bonds. The fraction of sp³-hybridized carbons (Fsp3) is 0.533. The Morgan fingerprint density at radius 3 is 2.95 bits per heavy atom. The van der Waals surface area contributed by atoms with Crippen molar-refractivity contribution in [1.82, 2.24) is 10.6 Å². The molecule has 1 aliphatic heterocycles. The Bertz CT molecular complexity index is 479. The van der Waals surface area contributed by atoms with Crippen LogP contribution in [0.25, 0.3) is 0 Å². The zero-order chi connectivity index (χ0) is 14.5. The molecule has 2 atom stereocenters. The molecular weight excluding hydrogens is 320 g/mol. The van der Waals surface area contributed by atoms with Crippen LogP contribution in [0.1, 0.15) is 37.8 Å². The highest BCUT2D eigenvalue weighted by molar-refractivity contribution is 9.10. The van der Waals surface area contributed by atoms with Gasteiger partial charge >= 0.3 is 0 Å². The number of ether oxygens (including phenoxy) is 1. The Labute approximate surface area is 128 Å². The molecule has 20 heavy (non-hydrogen) atoms. The molecular formula is C15H21BrN2O2. The van der Waals surface area contributed by atoms with Gasteiger partial charge in [0.2, 0.25) is 5.91 Å². The van der Waals surface area contributed by atoms with Crippen molar-refractivity contribution in [2.24, 2.45) is 0 Å². The van der Waals surface area contributed by atoms with Crippen LogP contribution in [0.15, 0.2) is 22.7 Å². The summed E-state index contributed by atoms with van der Waals surface area (Å²) in [5, 5.41) is 6.37. The highest BCUT2D eigenvalue weighted by Gasteiger charge is 2.23. The number of nitrogens with one attached hydrogen (secondary N) is 2. The molecule has 2 N–H and O–H groups in total. The molecule has 1 aromatic rings. The van der Waals surface area contributed by atoms with Crippen LogP contribution in [0.2, 0.25) is 0 Å². The molecule has 0 bridgehead atoms. The molecule has 0 radical (unpaired) electrons. The minimum atomic E-state index is -0.110. The van der Waals surface area contributed by atoms with Gasteiger partial charge in [-0.25, -0.2) is 0 Å². The van der Waals surface area contributed by atoms with Crippen LogP contribution in [0.4, 0.5) is 0 Å². The smallest absolute Gasteiger partial charge is 0.237 e. The van der Waals surface area contributed by atoms with E-state index in [-0.39, 0.29) is 18.0 Å². The third-order valence-electron chi connectivity index (χ3n) is 3.66. The normalized spacial score (nSPS) is 20.9. The average molecular weight is 341 g/mol. The summed E-state index contributed by atoms with van der Waals surface area (Å²) in [6.07, 6.45) is 3.03. The van der Waals surface area contributed by atoms with Crippen molar-refractivity contribution in [3.63, 3.8) is 0 Å². The quantitative estimate of drug-likeness (QED) is 0.885. The summed E-state index contributed by atoms with van der Waals surface area (Å²) in [6, 6.07) is 5.90. The number of carbonyl (C=O) groups excluding carboxylic acids is 1. The van der Waals surface area contributed by atoms with Gasteiger partial charge in [-0.1, -0.05) is 22.0 Å². The molecule has 110 valence electrons. The van der Waals surface area contributed by atoms with E-state index in [1.54, 1.807) is 7.11 Å². The number of methoxy groups -OCH3 is 1. The fourth-order valence-corrected chi connectivity index (χ4v) is 3.18. The second-order valence-corrected chi connectivity index (χ2v) is 5.97. The summed E-state index contributed by atoms with van der Waals surface area (Å²) in [6.45, 7) is 2.86. The summed E-state index contributed by atoms with van der Waals surface area (Å²) in [5.41, 5.74) is 1.13. The standard InChI is InChI=1S/C15H21BrN2O2/c1-10(12-7-6-11(20-2)9-13(12)16)18-14-5-3-4-8-17-15(14)19/h6-7,9-10,14,18H,3-5,8H2,1-2H3,(H,17,19)/t10-,14+/m0/s1.